The van der Waals surface area contributed by atoms with Gasteiger partial charge in [-0.25, -0.2) is 0 Å². The first-order chi connectivity index (χ1) is 35.0. The van der Waals surface area contributed by atoms with Crippen LogP contribution in [0.15, 0.2) is 212 Å². The van der Waals surface area contributed by atoms with Crippen LogP contribution >= 0.6 is 0 Å². The van der Waals surface area contributed by atoms with Crippen LogP contribution in [0, 0.1) is 13.8 Å². The molecule has 0 bridgehead atoms. The van der Waals surface area contributed by atoms with Crippen LogP contribution in [0.2, 0.25) is 0 Å². The zero-order valence-corrected chi connectivity index (χ0v) is 41.2. The normalized spacial score (nSPS) is 13.4. The third kappa shape index (κ3) is 10.6. The first kappa shape index (κ1) is 45.5. The number of aryl methyl sites for hydroxylation is 6. The standard InChI is InChI=1S/C69H62N2/c1-50-25-27-52(28-26-50)29-30-53-31-37-65(38-32-53)71(68-42-36-58-17-7-9-19-60(58)49-68)66-24-12-15-56(46-66)44-55-14-11-21-62(45-55)69(61-20-10-13-51(2)43-61)47-54-33-39-64(40-34-54)70(63-22-4-3-5-23-63)67-41-35-57-16-6-8-18-59(57)48-67/h3-5,10-15,20-43,45-49H,6-9,16-19,44H2,1-2H3/b30-29-,69-47+. The van der Waals surface area contributed by atoms with Gasteiger partial charge < -0.3 is 9.80 Å². The minimum atomic E-state index is 0.816. The molecule has 0 spiro atoms. The van der Waals surface area contributed by atoms with Crippen molar-refractivity contribution in [1.29, 1.82) is 0 Å². The largest absolute Gasteiger partial charge is 0.310 e. The third-order valence-corrected chi connectivity index (χ3v) is 14.5. The summed E-state index contributed by atoms with van der Waals surface area (Å²) >= 11 is 0. The molecule has 0 heterocycles. The molecule has 0 unspecified atom stereocenters. The number of hydrogen-bond donors (Lipinski definition) is 0. The Morgan fingerprint density at radius 1 is 0.352 bits per heavy atom. The van der Waals surface area contributed by atoms with Gasteiger partial charge in [0, 0.05) is 34.1 Å². The van der Waals surface area contributed by atoms with Gasteiger partial charge in [-0.05, 0) is 217 Å². The van der Waals surface area contributed by atoms with Crippen molar-refractivity contribution in [2.45, 2.75) is 71.6 Å². The number of rotatable bonds is 13. The number of anilines is 6. The van der Waals surface area contributed by atoms with E-state index in [4.69, 9.17) is 0 Å². The zero-order valence-electron chi connectivity index (χ0n) is 41.2. The van der Waals surface area contributed by atoms with Crippen LogP contribution in [0.5, 0.6) is 0 Å². The summed E-state index contributed by atoms with van der Waals surface area (Å²) in [5, 5.41) is 0. The predicted octanol–water partition coefficient (Wildman–Crippen LogP) is 18.4. The number of fused-ring (bicyclic) bond motifs is 2. The van der Waals surface area contributed by atoms with E-state index < -0.39 is 0 Å². The quantitative estimate of drug-likeness (QED) is 0.106. The molecule has 0 saturated carbocycles. The summed E-state index contributed by atoms with van der Waals surface area (Å²) in [6.45, 7) is 4.32. The van der Waals surface area contributed by atoms with E-state index in [9.17, 15) is 0 Å². The molecule has 0 N–H and O–H groups in total. The molecule has 0 aliphatic heterocycles. The van der Waals surface area contributed by atoms with Crippen LogP contribution < -0.4 is 9.80 Å². The van der Waals surface area contributed by atoms with Crippen molar-refractivity contribution in [2.75, 3.05) is 9.80 Å². The first-order valence-electron chi connectivity index (χ1n) is 25.8. The monoisotopic (exact) mass is 918 g/mol. The Morgan fingerprint density at radius 2 is 0.803 bits per heavy atom. The molecule has 11 rings (SSSR count). The minimum Gasteiger partial charge on any atom is -0.310 e. The van der Waals surface area contributed by atoms with Crippen LogP contribution in [-0.2, 0) is 32.1 Å². The van der Waals surface area contributed by atoms with E-state index in [1.165, 1.54) is 133 Å². The molecule has 9 aromatic carbocycles. The summed E-state index contributed by atoms with van der Waals surface area (Å²) in [5.74, 6) is 0. The Hall–Kier alpha value is -7.94. The van der Waals surface area contributed by atoms with E-state index in [0.717, 1.165) is 36.3 Å². The van der Waals surface area contributed by atoms with Gasteiger partial charge in [0.05, 0.1) is 0 Å². The lowest BCUT2D eigenvalue weighted by Gasteiger charge is -2.28. The SMILES string of the molecule is Cc1ccc(/C=C\c2ccc(N(c3cccc(Cc4cccc(/C(=C/c5ccc(N(c6ccccc6)c6ccc7c(c6)CCCC7)cc5)c5cccc(C)c5)c4)c3)c3ccc4c(c3)CCCC4)cc2)cc1. The Bertz CT molecular complexity index is 3340. The van der Waals surface area contributed by atoms with Crippen molar-refractivity contribution in [2.24, 2.45) is 0 Å². The summed E-state index contributed by atoms with van der Waals surface area (Å²) in [5.41, 5.74) is 25.3. The minimum absolute atomic E-state index is 0.816. The molecule has 0 atom stereocenters. The molecule has 0 amide bonds. The van der Waals surface area contributed by atoms with Crippen molar-refractivity contribution in [1.82, 2.24) is 0 Å². The molecule has 0 aromatic heterocycles. The maximum absolute atomic E-state index is 2.44. The van der Waals surface area contributed by atoms with Crippen LogP contribution in [0.3, 0.4) is 0 Å². The highest BCUT2D eigenvalue weighted by atomic mass is 15.1. The van der Waals surface area contributed by atoms with E-state index in [0.29, 0.717) is 0 Å². The topological polar surface area (TPSA) is 6.48 Å². The van der Waals surface area contributed by atoms with Gasteiger partial charge in [0.25, 0.3) is 0 Å². The van der Waals surface area contributed by atoms with Crippen molar-refractivity contribution >= 4 is 57.9 Å². The fourth-order valence-corrected chi connectivity index (χ4v) is 10.7. The van der Waals surface area contributed by atoms with Gasteiger partial charge in [0.15, 0.2) is 0 Å². The smallest absolute Gasteiger partial charge is 0.0464 e. The van der Waals surface area contributed by atoms with Crippen LogP contribution in [-0.4, -0.2) is 0 Å². The van der Waals surface area contributed by atoms with E-state index in [-0.39, 0.29) is 0 Å². The Kier molecular flexibility index (Phi) is 13.4. The molecule has 0 radical (unpaired) electrons. The van der Waals surface area contributed by atoms with Gasteiger partial charge in [-0.2, -0.15) is 0 Å². The highest BCUT2D eigenvalue weighted by Crippen LogP contribution is 2.40. The van der Waals surface area contributed by atoms with Crippen molar-refractivity contribution < 1.29 is 0 Å². The molecule has 0 saturated heterocycles. The molecule has 2 nitrogen and oxygen atoms in total. The fourth-order valence-electron chi connectivity index (χ4n) is 10.7. The van der Waals surface area contributed by atoms with E-state index >= 15 is 0 Å². The average Bonchev–Trinajstić information content (AvgIpc) is 3.41. The van der Waals surface area contributed by atoms with Gasteiger partial charge in [-0.15, -0.1) is 0 Å². The molecule has 71 heavy (non-hydrogen) atoms. The maximum Gasteiger partial charge on any atom is 0.0464 e. The van der Waals surface area contributed by atoms with Crippen molar-refractivity contribution in [3.63, 3.8) is 0 Å². The fraction of sp³-hybridized carbons (Fsp3) is 0.159. The Labute approximate surface area is 421 Å². The van der Waals surface area contributed by atoms with Gasteiger partial charge in [0.1, 0.15) is 0 Å². The van der Waals surface area contributed by atoms with E-state index in [2.05, 4.69) is 254 Å². The molecule has 2 aliphatic carbocycles. The summed E-state index contributed by atoms with van der Waals surface area (Å²) in [6, 6.07) is 79.1. The average molecular weight is 919 g/mol. The molecular weight excluding hydrogens is 857 g/mol. The van der Waals surface area contributed by atoms with Crippen molar-refractivity contribution in [3.05, 3.63) is 285 Å². The molecule has 9 aromatic rings. The first-order valence-corrected chi connectivity index (χ1v) is 25.8. The molecule has 2 aliphatic rings. The van der Waals surface area contributed by atoms with E-state index in [1.54, 1.807) is 0 Å². The van der Waals surface area contributed by atoms with Gasteiger partial charge in [-0.3, -0.25) is 0 Å². The zero-order chi connectivity index (χ0) is 47.9. The lowest BCUT2D eigenvalue weighted by molar-refractivity contribution is 0.685. The molecule has 2 heteroatoms. The molecule has 0 fully saturated rings. The second-order valence-electron chi connectivity index (χ2n) is 19.7. The molecular formula is C69H62N2. The highest BCUT2D eigenvalue weighted by molar-refractivity contribution is 5.92. The number of nitrogens with zero attached hydrogens (tertiary/aromatic N) is 2. The van der Waals surface area contributed by atoms with Gasteiger partial charge in [-0.1, -0.05) is 163 Å². The number of hydrogen-bond acceptors (Lipinski definition) is 2. The van der Waals surface area contributed by atoms with Crippen LogP contribution in [0.4, 0.5) is 34.1 Å². The summed E-state index contributed by atoms with van der Waals surface area (Å²) < 4.78 is 0. The number of para-hydroxylation sites is 1. The van der Waals surface area contributed by atoms with Crippen LogP contribution in [0.1, 0.15) is 98.0 Å². The van der Waals surface area contributed by atoms with Crippen molar-refractivity contribution in [3.8, 4) is 0 Å². The second kappa shape index (κ2) is 21.0. The van der Waals surface area contributed by atoms with Gasteiger partial charge in [0.2, 0.25) is 0 Å². The van der Waals surface area contributed by atoms with Crippen LogP contribution in [0.25, 0.3) is 23.8 Å². The lowest BCUT2D eigenvalue weighted by atomic mass is 9.91. The molecule has 348 valence electrons. The predicted molar refractivity (Wildman–Crippen MR) is 303 cm³/mol. The van der Waals surface area contributed by atoms with Gasteiger partial charge >= 0.3 is 0 Å². The number of benzene rings is 9. The summed E-state index contributed by atoms with van der Waals surface area (Å²) in [6.07, 6.45) is 17.3. The second-order valence-corrected chi connectivity index (χ2v) is 19.7. The van der Waals surface area contributed by atoms with E-state index in [1.807, 2.05) is 0 Å². The maximum atomic E-state index is 2.44. The highest BCUT2D eigenvalue weighted by Gasteiger charge is 2.19. The Morgan fingerprint density at radius 3 is 1.41 bits per heavy atom. The Balaban J connectivity index is 0.899. The lowest BCUT2D eigenvalue weighted by Crippen LogP contribution is -2.12. The summed E-state index contributed by atoms with van der Waals surface area (Å²) in [7, 11) is 0. The summed E-state index contributed by atoms with van der Waals surface area (Å²) in [4.78, 5) is 4.84. The third-order valence-electron chi connectivity index (χ3n) is 14.5.